The molecule has 1 unspecified atom stereocenters. The van der Waals surface area contributed by atoms with E-state index >= 15 is 0 Å². The summed E-state index contributed by atoms with van der Waals surface area (Å²) in [5.74, 6) is 0.137. The molecule has 0 aliphatic carbocycles. The lowest BCUT2D eigenvalue weighted by molar-refractivity contribution is -0.122. The molecule has 0 saturated carbocycles. The predicted molar refractivity (Wildman–Crippen MR) is 121 cm³/mol. The van der Waals surface area contributed by atoms with Gasteiger partial charge in [-0.3, -0.25) is 4.79 Å². The largest absolute Gasteiger partial charge is 0.479 e. The Kier molecular flexibility index (Phi) is 5.93. The van der Waals surface area contributed by atoms with Crippen LogP contribution in [0, 0.1) is 0 Å². The van der Waals surface area contributed by atoms with Crippen molar-refractivity contribution in [1.82, 2.24) is 4.98 Å². The molecule has 1 amide bonds. The molecule has 8 heteroatoms. The van der Waals surface area contributed by atoms with Crippen molar-refractivity contribution < 1.29 is 13.9 Å². The zero-order valence-electron chi connectivity index (χ0n) is 16.3. The molecular weight excluding hydrogens is 439 g/mol. The van der Waals surface area contributed by atoms with Crippen molar-refractivity contribution in [2.45, 2.75) is 13.0 Å². The van der Waals surface area contributed by atoms with Crippen LogP contribution in [0.15, 0.2) is 75.9 Å². The molecule has 0 aliphatic heterocycles. The maximum atomic E-state index is 12.6. The lowest BCUT2D eigenvalue weighted by atomic mass is 10.2. The summed E-state index contributed by atoms with van der Waals surface area (Å²) in [6.07, 6.45) is -0.820. The molecule has 0 aliphatic rings. The van der Waals surface area contributed by atoms with Gasteiger partial charge in [-0.15, -0.1) is 0 Å². The quantitative estimate of drug-likeness (QED) is 0.426. The first-order valence-corrected chi connectivity index (χ1v) is 10.1. The van der Waals surface area contributed by atoms with Gasteiger partial charge in [-0.05, 0) is 55.5 Å². The summed E-state index contributed by atoms with van der Waals surface area (Å²) in [7, 11) is 0. The van der Waals surface area contributed by atoms with Crippen molar-refractivity contribution in [3.8, 4) is 17.2 Å². The van der Waals surface area contributed by atoms with E-state index in [1.807, 2.05) is 0 Å². The number of benzene rings is 3. The summed E-state index contributed by atoms with van der Waals surface area (Å²) in [4.78, 5) is 29.2. The van der Waals surface area contributed by atoms with Gasteiger partial charge in [0, 0.05) is 16.3 Å². The minimum atomic E-state index is -0.820. The maximum absolute atomic E-state index is 12.6. The number of amides is 1. The standard InChI is InChI=1S/C23H16Cl2N2O4/c1-13(30-20-10-9-15(24)12-18(20)25)21(28)26-16-6-4-5-14(11-16)22-27-19-8-3-2-7-17(19)23(29)31-22/h2-13H,1H3,(H,26,28). The highest BCUT2D eigenvalue weighted by atomic mass is 35.5. The minimum absolute atomic E-state index is 0.164. The summed E-state index contributed by atoms with van der Waals surface area (Å²) in [5, 5.41) is 3.96. The number of hydrogen-bond donors (Lipinski definition) is 1. The van der Waals surface area contributed by atoms with Crippen LogP contribution in [-0.4, -0.2) is 17.0 Å². The number of para-hydroxylation sites is 1. The van der Waals surface area contributed by atoms with Crippen molar-refractivity contribution in [2.75, 3.05) is 5.32 Å². The molecule has 6 nitrogen and oxygen atoms in total. The third kappa shape index (κ3) is 4.71. The fourth-order valence-electron chi connectivity index (χ4n) is 2.93. The molecule has 0 bridgehead atoms. The Hall–Kier alpha value is -3.35. The third-order valence-corrected chi connectivity index (χ3v) is 5.01. The van der Waals surface area contributed by atoms with E-state index in [-0.39, 0.29) is 11.8 Å². The van der Waals surface area contributed by atoms with Crippen LogP contribution in [0.5, 0.6) is 5.75 Å². The minimum Gasteiger partial charge on any atom is -0.479 e. The monoisotopic (exact) mass is 454 g/mol. The lowest BCUT2D eigenvalue weighted by Crippen LogP contribution is -2.30. The van der Waals surface area contributed by atoms with Crippen LogP contribution in [0.4, 0.5) is 5.69 Å². The first kappa shape index (κ1) is 20.9. The Labute approximate surface area is 187 Å². The number of carbonyl (C=O) groups excluding carboxylic acids is 1. The average Bonchev–Trinajstić information content (AvgIpc) is 2.76. The van der Waals surface area contributed by atoms with E-state index in [9.17, 15) is 9.59 Å². The number of fused-ring (bicyclic) bond motifs is 1. The fraction of sp³-hybridized carbons (Fsp3) is 0.0870. The third-order valence-electron chi connectivity index (χ3n) is 4.48. The summed E-state index contributed by atoms with van der Waals surface area (Å²) >= 11 is 12.0. The molecule has 3 aromatic carbocycles. The van der Waals surface area contributed by atoms with E-state index in [1.165, 1.54) is 6.07 Å². The van der Waals surface area contributed by atoms with Crippen LogP contribution in [0.3, 0.4) is 0 Å². The Morgan fingerprint density at radius 3 is 2.68 bits per heavy atom. The van der Waals surface area contributed by atoms with Crippen LogP contribution < -0.4 is 15.7 Å². The molecule has 0 spiro atoms. The Morgan fingerprint density at radius 2 is 1.87 bits per heavy atom. The van der Waals surface area contributed by atoms with Gasteiger partial charge in [0.25, 0.3) is 5.91 Å². The number of hydrogen-bond acceptors (Lipinski definition) is 5. The number of ether oxygens (including phenoxy) is 1. The van der Waals surface area contributed by atoms with Gasteiger partial charge in [-0.25, -0.2) is 9.78 Å². The van der Waals surface area contributed by atoms with Gasteiger partial charge in [-0.2, -0.15) is 0 Å². The van der Waals surface area contributed by atoms with E-state index in [0.717, 1.165) is 0 Å². The number of anilines is 1. The highest BCUT2D eigenvalue weighted by molar-refractivity contribution is 6.35. The van der Waals surface area contributed by atoms with Crippen molar-refractivity contribution >= 4 is 45.7 Å². The predicted octanol–water partition coefficient (Wildman–Crippen LogP) is 5.57. The molecule has 4 rings (SSSR count). The Bertz CT molecular complexity index is 1340. The van der Waals surface area contributed by atoms with Crippen LogP contribution >= 0.6 is 23.2 Å². The van der Waals surface area contributed by atoms with E-state index < -0.39 is 11.7 Å². The van der Waals surface area contributed by atoms with E-state index in [4.69, 9.17) is 32.4 Å². The number of aromatic nitrogens is 1. The maximum Gasteiger partial charge on any atom is 0.347 e. The Morgan fingerprint density at radius 1 is 1.06 bits per heavy atom. The van der Waals surface area contributed by atoms with Crippen LogP contribution in [0.1, 0.15) is 6.92 Å². The molecule has 1 heterocycles. The topological polar surface area (TPSA) is 81.4 Å². The van der Waals surface area contributed by atoms with Gasteiger partial charge in [0.15, 0.2) is 6.10 Å². The second-order valence-corrected chi connectivity index (χ2v) is 7.57. The summed E-state index contributed by atoms with van der Waals surface area (Å²) in [6, 6.07) is 18.5. The molecule has 1 aromatic heterocycles. The van der Waals surface area contributed by atoms with Gasteiger partial charge in [0.2, 0.25) is 5.89 Å². The van der Waals surface area contributed by atoms with Crippen molar-refractivity contribution in [2.24, 2.45) is 0 Å². The number of nitrogens with zero attached hydrogens (tertiary/aromatic N) is 1. The van der Waals surface area contributed by atoms with Gasteiger partial charge >= 0.3 is 5.63 Å². The van der Waals surface area contributed by atoms with E-state index in [0.29, 0.717) is 37.9 Å². The molecular formula is C23H16Cl2N2O4. The number of rotatable bonds is 5. The van der Waals surface area contributed by atoms with Crippen LogP contribution in [0.25, 0.3) is 22.4 Å². The smallest absolute Gasteiger partial charge is 0.347 e. The first-order chi connectivity index (χ1) is 14.9. The van der Waals surface area contributed by atoms with Crippen molar-refractivity contribution in [1.29, 1.82) is 0 Å². The van der Waals surface area contributed by atoms with Crippen molar-refractivity contribution in [3.05, 3.63) is 87.2 Å². The van der Waals surface area contributed by atoms with E-state index in [1.54, 1.807) is 67.6 Å². The zero-order chi connectivity index (χ0) is 22.0. The normalized spacial score (nSPS) is 11.8. The molecule has 156 valence electrons. The van der Waals surface area contributed by atoms with Crippen LogP contribution in [0.2, 0.25) is 10.0 Å². The summed E-state index contributed by atoms with van der Waals surface area (Å²) < 4.78 is 11.0. The van der Waals surface area contributed by atoms with Gasteiger partial charge in [-0.1, -0.05) is 41.4 Å². The van der Waals surface area contributed by atoms with Crippen LogP contribution in [-0.2, 0) is 4.79 Å². The second-order valence-electron chi connectivity index (χ2n) is 6.73. The molecule has 1 atom stereocenters. The molecule has 1 N–H and O–H groups in total. The number of halogens is 2. The lowest BCUT2D eigenvalue weighted by Gasteiger charge is -2.16. The molecule has 4 aromatic rings. The molecule has 0 saturated heterocycles. The van der Waals surface area contributed by atoms with Gasteiger partial charge in [0.05, 0.1) is 15.9 Å². The first-order valence-electron chi connectivity index (χ1n) is 9.33. The fourth-order valence-corrected chi connectivity index (χ4v) is 3.38. The molecule has 0 radical (unpaired) electrons. The summed E-state index contributed by atoms with van der Waals surface area (Å²) in [5.41, 5.74) is 1.11. The zero-order valence-corrected chi connectivity index (χ0v) is 17.8. The average molecular weight is 455 g/mol. The van der Waals surface area contributed by atoms with E-state index in [2.05, 4.69) is 10.3 Å². The molecule has 0 fully saturated rings. The van der Waals surface area contributed by atoms with Crippen molar-refractivity contribution in [3.63, 3.8) is 0 Å². The SMILES string of the molecule is CC(Oc1ccc(Cl)cc1Cl)C(=O)Nc1cccc(-c2nc3ccccc3c(=O)o2)c1. The highest BCUT2D eigenvalue weighted by Gasteiger charge is 2.17. The highest BCUT2D eigenvalue weighted by Crippen LogP contribution is 2.28. The second kappa shape index (κ2) is 8.79. The molecule has 31 heavy (non-hydrogen) atoms. The number of nitrogens with one attached hydrogen (secondary N) is 1. The number of carbonyl (C=O) groups is 1. The Balaban J connectivity index is 1.53. The van der Waals surface area contributed by atoms with Gasteiger partial charge in [0.1, 0.15) is 5.75 Å². The summed E-state index contributed by atoms with van der Waals surface area (Å²) in [6.45, 7) is 1.61. The van der Waals surface area contributed by atoms with Gasteiger partial charge < -0.3 is 14.5 Å².